The normalized spacial score (nSPS) is 19.3. The van der Waals surface area contributed by atoms with Crippen LogP contribution in [-0.4, -0.2) is 39.5 Å². The maximum Gasteiger partial charge on any atom is 0.265 e. The third kappa shape index (κ3) is 3.60. The maximum atomic E-state index is 14.9. The number of alkyl halides is 1. The first-order chi connectivity index (χ1) is 12.5. The van der Waals surface area contributed by atoms with E-state index in [0.29, 0.717) is 29.8 Å². The van der Waals surface area contributed by atoms with Crippen molar-refractivity contribution in [2.45, 2.75) is 18.5 Å². The lowest BCUT2D eigenvalue weighted by atomic mass is 9.94. The van der Waals surface area contributed by atoms with Crippen LogP contribution in [0.2, 0.25) is 0 Å². The molecule has 26 heavy (non-hydrogen) atoms. The van der Waals surface area contributed by atoms with Crippen LogP contribution in [-0.2, 0) is 4.79 Å². The molecule has 1 aromatic heterocycles. The predicted octanol–water partition coefficient (Wildman–Crippen LogP) is 2.24. The van der Waals surface area contributed by atoms with Crippen LogP contribution in [0.25, 0.3) is 11.3 Å². The summed E-state index contributed by atoms with van der Waals surface area (Å²) in [4.78, 5) is 21.7. The molecule has 1 aliphatic heterocycles. The molecule has 0 bridgehead atoms. The summed E-state index contributed by atoms with van der Waals surface area (Å²) in [6.45, 7) is 0.180. The Morgan fingerprint density at radius 1 is 1.31 bits per heavy atom. The Bertz CT molecular complexity index is 918. The number of aromatic nitrogens is 2. The molecule has 3 rings (SSSR count). The molecule has 0 radical (unpaired) electrons. The number of carbonyl (C=O) groups is 1. The van der Waals surface area contributed by atoms with Gasteiger partial charge in [0.25, 0.3) is 5.91 Å². The van der Waals surface area contributed by atoms with E-state index < -0.39 is 11.6 Å². The Balaban J connectivity index is 1.79. The van der Waals surface area contributed by atoms with E-state index in [1.165, 1.54) is 17.3 Å². The van der Waals surface area contributed by atoms with Gasteiger partial charge in [0, 0.05) is 18.2 Å². The van der Waals surface area contributed by atoms with Crippen LogP contribution >= 0.6 is 0 Å². The van der Waals surface area contributed by atoms with Gasteiger partial charge >= 0.3 is 0 Å². The first-order valence-corrected chi connectivity index (χ1v) is 8.02. The van der Waals surface area contributed by atoms with Crippen LogP contribution in [0.15, 0.2) is 36.7 Å². The molecule has 130 valence electrons. The Kier molecular flexibility index (Phi) is 4.76. The Morgan fingerprint density at radius 3 is 2.92 bits per heavy atom. The summed E-state index contributed by atoms with van der Waals surface area (Å²) in [5.74, 6) is -0.665. The van der Waals surface area contributed by atoms with Gasteiger partial charge in [-0.1, -0.05) is 12.1 Å². The van der Waals surface area contributed by atoms with Gasteiger partial charge in [-0.3, -0.25) is 4.79 Å². The molecule has 1 unspecified atom stereocenters. The van der Waals surface area contributed by atoms with Gasteiger partial charge in [0.15, 0.2) is 6.19 Å². The standard InChI is InChI=1S/C18H15FN6O/c19-18(5-2-6-25(10-18)11-21)17(26)24-16-8-15(22-12-23-16)14-4-1-3-13(7-14)9-20/h1,3-4,7-8,12H,2,5-6,10H2,(H,22,23,24,26). The van der Waals surface area contributed by atoms with Crippen LogP contribution < -0.4 is 5.32 Å². The number of halogens is 1. The van der Waals surface area contributed by atoms with E-state index in [1.54, 1.807) is 24.3 Å². The molecule has 2 heterocycles. The van der Waals surface area contributed by atoms with Crippen molar-refractivity contribution < 1.29 is 9.18 Å². The highest BCUT2D eigenvalue weighted by Gasteiger charge is 2.42. The van der Waals surface area contributed by atoms with Gasteiger partial charge in [-0.25, -0.2) is 14.4 Å². The first-order valence-electron chi connectivity index (χ1n) is 8.02. The number of nitrogens with one attached hydrogen (secondary N) is 1. The van der Waals surface area contributed by atoms with E-state index in [0.717, 1.165) is 0 Å². The van der Waals surface area contributed by atoms with Crippen molar-refractivity contribution in [3.63, 3.8) is 0 Å². The number of nitrogens with zero attached hydrogens (tertiary/aromatic N) is 5. The molecular weight excluding hydrogens is 335 g/mol. The van der Waals surface area contributed by atoms with Gasteiger partial charge in [-0.15, -0.1) is 0 Å². The molecule has 1 atom stereocenters. The van der Waals surface area contributed by atoms with Gasteiger partial charge in [0.1, 0.15) is 12.1 Å². The maximum absolute atomic E-state index is 14.9. The summed E-state index contributed by atoms with van der Waals surface area (Å²) in [6, 6.07) is 10.4. The summed E-state index contributed by atoms with van der Waals surface area (Å²) in [6.07, 6.45) is 3.62. The zero-order chi connectivity index (χ0) is 18.6. The molecule has 0 aliphatic carbocycles. The topological polar surface area (TPSA) is 106 Å². The van der Waals surface area contributed by atoms with Crippen molar-refractivity contribution >= 4 is 11.7 Å². The minimum absolute atomic E-state index is 0.0547. The molecule has 1 aromatic carbocycles. The van der Waals surface area contributed by atoms with Crippen LogP contribution in [0.4, 0.5) is 10.2 Å². The van der Waals surface area contributed by atoms with E-state index in [9.17, 15) is 9.18 Å². The smallest absolute Gasteiger partial charge is 0.265 e. The highest BCUT2D eigenvalue weighted by Crippen LogP contribution is 2.27. The van der Waals surface area contributed by atoms with E-state index in [1.807, 2.05) is 12.3 Å². The Labute approximate surface area is 149 Å². The van der Waals surface area contributed by atoms with Crippen molar-refractivity contribution in [3.05, 3.63) is 42.2 Å². The van der Waals surface area contributed by atoms with Crippen molar-refractivity contribution in [2.75, 3.05) is 18.4 Å². The lowest BCUT2D eigenvalue weighted by molar-refractivity contribution is -0.130. The van der Waals surface area contributed by atoms with E-state index >= 15 is 0 Å². The quantitative estimate of drug-likeness (QED) is 0.851. The monoisotopic (exact) mass is 350 g/mol. The Morgan fingerprint density at radius 2 is 2.15 bits per heavy atom. The van der Waals surface area contributed by atoms with Crippen LogP contribution in [0.1, 0.15) is 18.4 Å². The number of likely N-dealkylation sites (tertiary alicyclic amines) is 1. The summed E-state index contributed by atoms with van der Waals surface area (Å²) in [5, 5.41) is 20.4. The number of nitriles is 2. The number of benzene rings is 1. The predicted molar refractivity (Wildman–Crippen MR) is 91.1 cm³/mol. The third-order valence-corrected chi connectivity index (χ3v) is 4.19. The molecule has 2 aromatic rings. The zero-order valence-corrected chi connectivity index (χ0v) is 13.8. The number of amides is 1. The Hall–Kier alpha value is -3.52. The van der Waals surface area contributed by atoms with E-state index in [-0.39, 0.29) is 18.8 Å². The first kappa shape index (κ1) is 17.3. The minimum Gasteiger partial charge on any atom is -0.308 e. The fraction of sp³-hybridized carbons (Fsp3) is 0.278. The molecule has 1 N–H and O–H groups in total. The minimum atomic E-state index is -2.14. The third-order valence-electron chi connectivity index (χ3n) is 4.19. The largest absolute Gasteiger partial charge is 0.308 e. The molecule has 1 fully saturated rings. The van der Waals surface area contributed by atoms with Crippen molar-refractivity contribution in [2.24, 2.45) is 0 Å². The fourth-order valence-electron chi connectivity index (χ4n) is 2.84. The van der Waals surface area contributed by atoms with Crippen LogP contribution in [0.5, 0.6) is 0 Å². The van der Waals surface area contributed by atoms with Gasteiger partial charge in [-0.2, -0.15) is 10.5 Å². The SMILES string of the molecule is N#Cc1cccc(-c2cc(NC(=O)C3(F)CCCN(C#N)C3)ncn2)c1. The fourth-order valence-corrected chi connectivity index (χ4v) is 2.84. The summed E-state index contributed by atoms with van der Waals surface area (Å²) in [7, 11) is 0. The summed E-state index contributed by atoms with van der Waals surface area (Å²) >= 11 is 0. The molecule has 1 amide bonds. The van der Waals surface area contributed by atoms with Crippen molar-refractivity contribution in [1.82, 2.24) is 14.9 Å². The summed E-state index contributed by atoms with van der Waals surface area (Å²) in [5.41, 5.74) is -0.471. The van der Waals surface area contributed by atoms with E-state index in [2.05, 4.69) is 15.3 Å². The molecule has 8 heteroatoms. The van der Waals surface area contributed by atoms with Gasteiger partial charge in [0.2, 0.25) is 5.67 Å². The number of rotatable bonds is 3. The number of anilines is 1. The average Bonchev–Trinajstić information content (AvgIpc) is 2.68. The van der Waals surface area contributed by atoms with Gasteiger partial charge in [-0.05, 0) is 25.0 Å². The number of carbonyl (C=O) groups excluding carboxylic acids is 1. The van der Waals surface area contributed by atoms with Crippen molar-refractivity contribution in [1.29, 1.82) is 10.5 Å². The van der Waals surface area contributed by atoms with Crippen LogP contribution in [0.3, 0.4) is 0 Å². The molecule has 0 spiro atoms. The lowest BCUT2D eigenvalue weighted by Crippen LogP contribution is -2.51. The van der Waals surface area contributed by atoms with E-state index in [4.69, 9.17) is 10.5 Å². The van der Waals surface area contributed by atoms with Crippen LogP contribution in [0, 0.1) is 22.8 Å². The van der Waals surface area contributed by atoms with Crippen molar-refractivity contribution in [3.8, 4) is 23.5 Å². The highest BCUT2D eigenvalue weighted by molar-refractivity contribution is 5.97. The zero-order valence-electron chi connectivity index (χ0n) is 13.8. The number of hydrogen-bond acceptors (Lipinski definition) is 6. The van der Waals surface area contributed by atoms with Gasteiger partial charge in [0.05, 0.1) is 23.9 Å². The molecular formula is C18H15FN6O. The highest BCUT2D eigenvalue weighted by atomic mass is 19.1. The molecule has 7 nitrogen and oxygen atoms in total. The number of hydrogen-bond donors (Lipinski definition) is 1. The second-order valence-electron chi connectivity index (χ2n) is 6.03. The number of piperidine rings is 1. The second-order valence-corrected chi connectivity index (χ2v) is 6.03. The average molecular weight is 350 g/mol. The molecule has 1 saturated heterocycles. The lowest BCUT2D eigenvalue weighted by Gasteiger charge is -2.33. The second kappa shape index (κ2) is 7.16. The summed E-state index contributed by atoms with van der Waals surface area (Å²) < 4.78 is 14.9. The van der Waals surface area contributed by atoms with Gasteiger partial charge < -0.3 is 10.2 Å². The molecule has 0 saturated carbocycles. The molecule has 1 aliphatic rings.